The zero-order chi connectivity index (χ0) is 21.0. The summed E-state index contributed by atoms with van der Waals surface area (Å²) in [6.07, 6.45) is -10.4. The van der Waals surface area contributed by atoms with Gasteiger partial charge < -0.3 is 44.7 Å². The van der Waals surface area contributed by atoms with Gasteiger partial charge in [0.2, 0.25) is 6.29 Å². The Morgan fingerprint density at radius 3 is 2.31 bits per heavy atom. The maximum Gasteiger partial charge on any atom is 1.00 e. The molecule has 0 radical (unpaired) electrons. The monoisotopic (exact) mass is 421 g/mol. The van der Waals surface area contributed by atoms with E-state index in [4.69, 9.17) is 14.2 Å². The average molecular weight is 421 g/mol. The minimum atomic E-state index is -1.96. The number of nitrogens with one attached hydrogen (secondary N) is 1. The van der Waals surface area contributed by atoms with Crippen LogP contribution in [0.3, 0.4) is 0 Å². The van der Waals surface area contributed by atoms with Crippen molar-refractivity contribution in [3.8, 4) is 5.75 Å². The van der Waals surface area contributed by atoms with E-state index in [0.717, 1.165) is 11.1 Å². The number of aryl methyl sites for hydroxylation is 2. The molecule has 6 unspecified atom stereocenters. The molecule has 1 aliphatic heterocycles. The number of hydrogen-bond donors (Lipinski definition) is 4. The fourth-order valence-electron chi connectivity index (χ4n) is 2.76. The van der Waals surface area contributed by atoms with Gasteiger partial charge in [0.25, 0.3) is 0 Å². The number of benzene rings is 1. The predicted octanol–water partition coefficient (Wildman–Crippen LogP) is -4.64. The Hall–Kier alpha value is -1.40. The molecule has 1 fully saturated rings. The minimum Gasteiger partial charge on any atom is -0.547 e. The SMILES string of the molecule is Cc1cccc(C)c1OCC(C)NC(=O)OC1OC(C(=O)[O-])C(O)C(O)C1O.[Na+]. The summed E-state index contributed by atoms with van der Waals surface area (Å²) in [6.45, 7) is 5.56. The fraction of sp³-hybridized carbons (Fsp3) is 0.556. The Balaban J connectivity index is 0.00000420. The zero-order valence-electron chi connectivity index (χ0n) is 16.7. The topological polar surface area (TPSA) is 158 Å². The normalized spacial score (nSPS) is 27.3. The smallest absolute Gasteiger partial charge is 0.547 e. The molecule has 11 heteroatoms. The van der Waals surface area contributed by atoms with Crippen molar-refractivity contribution in [3.05, 3.63) is 29.3 Å². The Morgan fingerprint density at radius 2 is 1.76 bits per heavy atom. The molecule has 29 heavy (non-hydrogen) atoms. The molecule has 0 saturated carbocycles. The van der Waals surface area contributed by atoms with Gasteiger partial charge in [-0.1, -0.05) is 18.2 Å². The molecule has 1 saturated heterocycles. The van der Waals surface area contributed by atoms with Crippen LogP contribution in [0.5, 0.6) is 5.75 Å². The third kappa shape index (κ3) is 6.54. The first-order valence-electron chi connectivity index (χ1n) is 8.68. The molecule has 2 rings (SSSR count). The second kappa shape index (κ2) is 11.1. The fourth-order valence-corrected chi connectivity index (χ4v) is 2.76. The molecule has 0 aromatic heterocycles. The first-order valence-corrected chi connectivity index (χ1v) is 8.68. The van der Waals surface area contributed by atoms with Gasteiger partial charge in [-0.25, -0.2) is 4.79 Å². The van der Waals surface area contributed by atoms with Gasteiger partial charge in [0.15, 0.2) is 0 Å². The van der Waals surface area contributed by atoms with Crippen LogP contribution in [0.1, 0.15) is 18.1 Å². The Labute approximate surface area is 190 Å². The first kappa shape index (κ1) is 25.6. The number of carboxylic acids is 1. The van der Waals surface area contributed by atoms with E-state index in [1.807, 2.05) is 32.0 Å². The second-order valence-corrected chi connectivity index (χ2v) is 6.70. The average Bonchev–Trinajstić information content (AvgIpc) is 2.61. The quantitative estimate of drug-likeness (QED) is 0.332. The molecule has 0 aliphatic carbocycles. The Kier molecular flexibility index (Phi) is 9.83. The van der Waals surface area contributed by atoms with Gasteiger partial charge >= 0.3 is 35.7 Å². The number of para-hydroxylation sites is 1. The van der Waals surface area contributed by atoms with Crippen LogP contribution in [0.25, 0.3) is 0 Å². The molecule has 1 aliphatic rings. The predicted molar refractivity (Wildman–Crippen MR) is 92.2 cm³/mol. The van der Waals surface area contributed by atoms with E-state index in [-0.39, 0.29) is 36.2 Å². The van der Waals surface area contributed by atoms with Crippen molar-refractivity contribution in [2.45, 2.75) is 57.5 Å². The number of amides is 1. The maximum atomic E-state index is 12.0. The van der Waals surface area contributed by atoms with Crippen LogP contribution in [0.15, 0.2) is 18.2 Å². The van der Waals surface area contributed by atoms with Crippen LogP contribution in [-0.4, -0.2) is 70.7 Å². The number of ether oxygens (including phenoxy) is 3. The molecule has 156 valence electrons. The van der Waals surface area contributed by atoms with E-state index >= 15 is 0 Å². The molecular formula is C18H24NNaO9. The summed E-state index contributed by atoms with van der Waals surface area (Å²) in [5.41, 5.74) is 1.88. The number of rotatable bonds is 6. The summed E-state index contributed by atoms with van der Waals surface area (Å²) in [5.74, 6) is -1.12. The summed E-state index contributed by atoms with van der Waals surface area (Å²) < 4.78 is 15.4. The van der Waals surface area contributed by atoms with Crippen LogP contribution in [0.4, 0.5) is 4.79 Å². The van der Waals surface area contributed by atoms with E-state index < -0.39 is 48.8 Å². The van der Waals surface area contributed by atoms with Gasteiger partial charge in [0.1, 0.15) is 36.8 Å². The second-order valence-electron chi connectivity index (χ2n) is 6.70. The number of aliphatic carboxylic acids is 1. The molecule has 4 N–H and O–H groups in total. The number of carbonyl (C=O) groups excluding carboxylic acids is 2. The largest absolute Gasteiger partial charge is 1.00 e. The number of aliphatic hydroxyl groups excluding tert-OH is 3. The molecule has 1 aromatic rings. The van der Waals surface area contributed by atoms with Gasteiger partial charge in [-0.2, -0.15) is 0 Å². The summed E-state index contributed by atoms with van der Waals surface area (Å²) >= 11 is 0. The van der Waals surface area contributed by atoms with E-state index in [9.17, 15) is 30.0 Å². The third-order valence-electron chi connectivity index (χ3n) is 4.28. The number of alkyl carbamates (subject to hydrolysis) is 1. The number of hydrogen-bond acceptors (Lipinski definition) is 9. The van der Waals surface area contributed by atoms with Gasteiger partial charge in [-0.05, 0) is 31.9 Å². The summed E-state index contributed by atoms with van der Waals surface area (Å²) in [6, 6.07) is 5.19. The molecule has 0 bridgehead atoms. The van der Waals surface area contributed by atoms with Crippen LogP contribution in [-0.2, 0) is 14.3 Å². The van der Waals surface area contributed by atoms with Crippen molar-refractivity contribution in [2.24, 2.45) is 0 Å². The molecule has 6 atom stereocenters. The molecule has 0 spiro atoms. The zero-order valence-corrected chi connectivity index (χ0v) is 18.7. The Bertz CT molecular complexity index is 696. The van der Waals surface area contributed by atoms with Crippen molar-refractivity contribution in [3.63, 3.8) is 0 Å². The third-order valence-corrected chi connectivity index (χ3v) is 4.28. The number of aliphatic hydroxyl groups is 3. The molecule has 1 aromatic carbocycles. The van der Waals surface area contributed by atoms with Crippen molar-refractivity contribution in [1.82, 2.24) is 5.32 Å². The van der Waals surface area contributed by atoms with Gasteiger partial charge in [0.05, 0.1) is 12.0 Å². The molecule has 10 nitrogen and oxygen atoms in total. The van der Waals surface area contributed by atoms with E-state index in [1.165, 1.54) is 0 Å². The molecular weight excluding hydrogens is 397 g/mol. The van der Waals surface area contributed by atoms with Crippen molar-refractivity contribution < 1.29 is 73.8 Å². The van der Waals surface area contributed by atoms with Gasteiger partial charge in [-0.3, -0.25) is 0 Å². The molecule has 1 heterocycles. The standard InChI is InChI=1S/C18H25NO9.Na/c1-8-5-4-6-9(2)14(8)26-7-10(3)19-18(25)28-17-13(22)11(20)12(21)15(27-17)16(23)24;/h4-6,10-13,15,17,20-22H,7H2,1-3H3,(H,19,25)(H,23,24);/q;+1/p-1. The van der Waals surface area contributed by atoms with Crippen molar-refractivity contribution >= 4 is 12.1 Å². The van der Waals surface area contributed by atoms with Gasteiger partial charge in [0, 0.05) is 0 Å². The van der Waals surface area contributed by atoms with E-state index in [1.54, 1.807) is 6.92 Å². The summed E-state index contributed by atoms with van der Waals surface area (Å²) in [7, 11) is 0. The van der Waals surface area contributed by atoms with Crippen LogP contribution in [0, 0.1) is 13.8 Å². The van der Waals surface area contributed by atoms with Crippen molar-refractivity contribution in [2.75, 3.05) is 6.61 Å². The van der Waals surface area contributed by atoms with Crippen LogP contribution in [0.2, 0.25) is 0 Å². The molecule has 1 amide bonds. The number of carbonyl (C=O) groups is 2. The first-order chi connectivity index (χ1) is 13.1. The Morgan fingerprint density at radius 1 is 1.17 bits per heavy atom. The maximum absolute atomic E-state index is 12.0. The van der Waals surface area contributed by atoms with Crippen LogP contribution < -0.4 is 44.7 Å². The van der Waals surface area contributed by atoms with E-state index in [0.29, 0.717) is 5.75 Å². The van der Waals surface area contributed by atoms with Crippen molar-refractivity contribution in [1.29, 1.82) is 0 Å². The number of carboxylic acid groups (broad SMARTS) is 1. The minimum absolute atomic E-state index is 0. The van der Waals surface area contributed by atoms with Crippen LogP contribution >= 0.6 is 0 Å². The summed E-state index contributed by atoms with van der Waals surface area (Å²) in [4.78, 5) is 22.9. The van der Waals surface area contributed by atoms with Gasteiger partial charge in [-0.15, -0.1) is 0 Å². The van der Waals surface area contributed by atoms with E-state index in [2.05, 4.69) is 5.32 Å². The summed E-state index contributed by atoms with van der Waals surface area (Å²) in [5, 5.41) is 42.5.